The van der Waals surface area contributed by atoms with Gasteiger partial charge in [0.25, 0.3) is 10.0 Å². The van der Waals surface area contributed by atoms with Crippen molar-refractivity contribution in [3.63, 3.8) is 0 Å². The van der Waals surface area contributed by atoms with E-state index >= 15 is 0 Å². The van der Waals surface area contributed by atoms with Crippen LogP contribution in [0.25, 0.3) is 0 Å². The maximum atomic E-state index is 12.6. The van der Waals surface area contributed by atoms with E-state index < -0.39 is 10.0 Å². The molecule has 0 amide bonds. The fourth-order valence-electron chi connectivity index (χ4n) is 2.76. The van der Waals surface area contributed by atoms with Crippen LogP contribution in [0.15, 0.2) is 47.4 Å². The normalized spacial score (nSPS) is 14.8. The van der Waals surface area contributed by atoms with Crippen LogP contribution in [0.5, 0.6) is 11.5 Å². The van der Waals surface area contributed by atoms with Gasteiger partial charge in [0.2, 0.25) is 0 Å². The third kappa shape index (κ3) is 4.03. The molecule has 1 N–H and O–H groups in total. The number of methoxy groups -OCH3 is 2. The topological polar surface area (TPSA) is 77.1 Å². The van der Waals surface area contributed by atoms with E-state index in [2.05, 4.69) is 9.62 Å². The molecule has 2 aromatic rings. The lowest BCUT2D eigenvalue weighted by atomic mass is 10.2. The molecule has 0 bridgehead atoms. The highest BCUT2D eigenvalue weighted by Crippen LogP contribution is 2.30. The molecule has 2 aromatic carbocycles. The van der Waals surface area contributed by atoms with Gasteiger partial charge in [-0.25, -0.2) is 8.42 Å². The van der Waals surface area contributed by atoms with Crippen molar-refractivity contribution >= 4 is 21.4 Å². The highest BCUT2D eigenvalue weighted by atomic mass is 32.2. The molecular weight excluding hydrogens is 356 g/mol. The SMILES string of the molecule is COc1ccc(S(=O)(=O)Nc2ccc(N3CCOCC3)cc2)cc1OC. The molecule has 1 heterocycles. The van der Waals surface area contributed by atoms with Crippen molar-refractivity contribution in [2.24, 2.45) is 0 Å². The number of nitrogens with zero attached hydrogens (tertiary/aromatic N) is 1. The van der Waals surface area contributed by atoms with Gasteiger partial charge in [-0.05, 0) is 36.4 Å². The lowest BCUT2D eigenvalue weighted by Gasteiger charge is -2.28. The minimum atomic E-state index is -3.73. The summed E-state index contributed by atoms with van der Waals surface area (Å²) in [6.45, 7) is 3.06. The average Bonchev–Trinajstić information content (AvgIpc) is 2.68. The van der Waals surface area contributed by atoms with Crippen LogP contribution in [0.1, 0.15) is 0 Å². The Morgan fingerprint density at radius 2 is 1.62 bits per heavy atom. The van der Waals surface area contributed by atoms with Gasteiger partial charge in [0.15, 0.2) is 11.5 Å². The van der Waals surface area contributed by atoms with Gasteiger partial charge >= 0.3 is 0 Å². The summed E-state index contributed by atoms with van der Waals surface area (Å²) in [6, 6.07) is 11.8. The van der Waals surface area contributed by atoms with E-state index in [1.54, 1.807) is 18.2 Å². The summed E-state index contributed by atoms with van der Waals surface area (Å²) >= 11 is 0. The molecule has 140 valence electrons. The summed E-state index contributed by atoms with van der Waals surface area (Å²) in [7, 11) is -0.763. The summed E-state index contributed by atoms with van der Waals surface area (Å²) in [5.41, 5.74) is 1.54. The van der Waals surface area contributed by atoms with Crippen molar-refractivity contribution in [2.75, 3.05) is 50.1 Å². The van der Waals surface area contributed by atoms with Gasteiger partial charge in [-0.15, -0.1) is 0 Å². The molecule has 0 saturated carbocycles. The predicted molar refractivity (Wildman–Crippen MR) is 99.8 cm³/mol. The number of morpholine rings is 1. The second-order valence-electron chi connectivity index (χ2n) is 5.77. The van der Waals surface area contributed by atoms with Crippen LogP contribution in [0, 0.1) is 0 Å². The maximum absolute atomic E-state index is 12.6. The van der Waals surface area contributed by atoms with E-state index in [4.69, 9.17) is 14.2 Å². The fourth-order valence-corrected chi connectivity index (χ4v) is 3.83. The van der Waals surface area contributed by atoms with E-state index in [1.807, 2.05) is 12.1 Å². The largest absolute Gasteiger partial charge is 0.493 e. The maximum Gasteiger partial charge on any atom is 0.262 e. The molecule has 0 aliphatic carbocycles. The van der Waals surface area contributed by atoms with Gasteiger partial charge in [-0.2, -0.15) is 0 Å². The Morgan fingerprint density at radius 3 is 2.23 bits per heavy atom. The molecule has 0 spiro atoms. The summed E-state index contributed by atoms with van der Waals surface area (Å²) < 4.78 is 43.5. The average molecular weight is 378 g/mol. The van der Waals surface area contributed by atoms with E-state index in [-0.39, 0.29) is 4.90 Å². The van der Waals surface area contributed by atoms with Gasteiger partial charge in [-0.3, -0.25) is 4.72 Å². The van der Waals surface area contributed by atoms with Crippen LogP contribution in [-0.4, -0.2) is 48.9 Å². The Labute approximate surface area is 153 Å². The van der Waals surface area contributed by atoms with E-state index in [0.29, 0.717) is 30.4 Å². The van der Waals surface area contributed by atoms with Crippen molar-refractivity contribution in [2.45, 2.75) is 4.90 Å². The zero-order valence-corrected chi connectivity index (χ0v) is 15.6. The van der Waals surface area contributed by atoms with Crippen molar-refractivity contribution in [1.29, 1.82) is 0 Å². The highest BCUT2D eigenvalue weighted by Gasteiger charge is 2.18. The molecule has 0 atom stereocenters. The summed E-state index contributed by atoms with van der Waals surface area (Å²) in [4.78, 5) is 2.31. The van der Waals surface area contributed by atoms with Gasteiger partial charge < -0.3 is 19.1 Å². The molecule has 26 heavy (non-hydrogen) atoms. The Kier molecular flexibility index (Phi) is 5.53. The number of rotatable bonds is 6. The first-order chi connectivity index (χ1) is 12.5. The Bertz CT molecular complexity index is 846. The van der Waals surface area contributed by atoms with E-state index in [1.165, 1.54) is 26.4 Å². The van der Waals surface area contributed by atoms with Gasteiger partial charge in [-0.1, -0.05) is 0 Å². The smallest absolute Gasteiger partial charge is 0.262 e. The molecule has 0 radical (unpaired) electrons. The van der Waals surface area contributed by atoms with E-state index in [0.717, 1.165) is 18.8 Å². The molecule has 3 rings (SSSR count). The van der Waals surface area contributed by atoms with Gasteiger partial charge in [0, 0.05) is 30.5 Å². The first-order valence-corrected chi connectivity index (χ1v) is 9.69. The predicted octanol–water partition coefficient (Wildman–Crippen LogP) is 2.34. The monoisotopic (exact) mass is 378 g/mol. The summed E-state index contributed by atoms with van der Waals surface area (Å²) in [5, 5.41) is 0. The minimum absolute atomic E-state index is 0.104. The number of sulfonamides is 1. The lowest BCUT2D eigenvalue weighted by molar-refractivity contribution is 0.122. The van der Waals surface area contributed by atoms with Gasteiger partial charge in [0.1, 0.15) is 0 Å². The third-order valence-corrected chi connectivity index (χ3v) is 5.54. The minimum Gasteiger partial charge on any atom is -0.493 e. The fraction of sp³-hybridized carbons (Fsp3) is 0.333. The lowest BCUT2D eigenvalue weighted by Crippen LogP contribution is -2.36. The summed E-state index contributed by atoms with van der Waals surface area (Å²) in [6.07, 6.45) is 0. The second kappa shape index (κ2) is 7.84. The van der Waals surface area contributed by atoms with Crippen molar-refractivity contribution < 1.29 is 22.6 Å². The molecule has 8 heteroatoms. The number of benzene rings is 2. The second-order valence-corrected chi connectivity index (χ2v) is 7.45. The summed E-state index contributed by atoms with van der Waals surface area (Å²) in [5.74, 6) is 0.833. The zero-order chi connectivity index (χ0) is 18.6. The zero-order valence-electron chi connectivity index (χ0n) is 14.8. The standard InChI is InChI=1S/C18H22N2O5S/c1-23-17-8-7-16(13-18(17)24-2)26(21,22)19-14-3-5-15(6-4-14)20-9-11-25-12-10-20/h3-8,13,19H,9-12H2,1-2H3. The molecule has 1 aliphatic heterocycles. The Balaban J connectivity index is 1.76. The number of ether oxygens (including phenoxy) is 3. The molecule has 1 aliphatic rings. The van der Waals surface area contributed by atoms with Crippen molar-refractivity contribution in [1.82, 2.24) is 0 Å². The van der Waals surface area contributed by atoms with Crippen molar-refractivity contribution in [3.05, 3.63) is 42.5 Å². The van der Waals surface area contributed by atoms with Gasteiger partial charge in [0.05, 0.1) is 32.3 Å². The van der Waals surface area contributed by atoms with E-state index in [9.17, 15) is 8.42 Å². The molecular formula is C18H22N2O5S. The first kappa shape index (κ1) is 18.3. The quantitative estimate of drug-likeness (QED) is 0.831. The molecule has 1 fully saturated rings. The van der Waals surface area contributed by atoms with Crippen LogP contribution < -0.4 is 19.1 Å². The molecule has 1 saturated heterocycles. The first-order valence-electron chi connectivity index (χ1n) is 8.21. The van der Waals surface area contributed by atoms with Crippen LogP contribution >= 0.6 is 0 Å². The molecule has 0 unspecified atom stereocenters. The highest BCUT2D eigenvalue weighted by molar-refractivity contribution is 7.92. The Hall–Kier alpha value is -2.45. The van der Waals surface area contributed by atoms with Crippen LogP contribution in [-0.2, 0) is 14.8 Å². The van der Waals surface area contributed by atoms with Crippen LogP contribution in [0.2, 0.25) is 0 Å². The number of nitrogens with one attached hydrogen (secondary N) is 1. The number of hydrogen-bond acceptors (Lipinski definition) is 6. The number of hydrogen-bond donors (Lipinski definition) is 1. The third-order valence-electron chi connectivity index (χ3n) is 4.16. The van der Waals surface area contributed by atoms with Crippen LogP contribution in [0.3, 0.4) is 0 Å². The molecule has 7 nitrogen and oxygen atoms in total. The molecule has 0 aromatic heterocycles. The Morgan fingerprint density at radius 1 is 0.962 bits per heavy atom. The van der Waals surface area contributed by atoms with Crippen LogP contribution in [0.4, 0.5) is 11.4 Å². The van der Waals surface area contributed by atoms with Crippen molar-refractivity contribution in [3.8, 4) is 11.5 Å². The number of anilines is 2.